The zero-order valence-electron chi connectivity index (χ0n) is 14.5. The third kappa shape index (κ3) is 3.65. The fourth-order valence-corrected chi connectivity index (χ4v) is 3.01. The molecule has 24 heavy (non-hydrogen) atoms. The fraction of sp³-hybridized carbons (Fsp3) is 0.167. The molecular weight excluding hydrogens is 288 g/mol. The summed E-state index contributed by atoms with van der Waals surface area (Å²) in [5.41, 5.74) is 8.99. The van der Waals surface area contributed by atoms with Crippen molar-refractivity contribution in [1.29, 1.82) is 0 Å². The molecule has 3 rings (SSSR count). The first-order chi connectivity index (χ1) is 11.7. The van der Waals surface area contributed by atoms with Gasteiger partial charge in [0.05, 0.1) is 0 Å². The molecular formula is C24H24. The van der Waals surface area contributed by atoms with Crippen LogP contribution < -0.4 is 0 Å². The molecule has 0 aliphatic carbocycles. The summed E-state index contributed by atoms with van der Waals surface area (Å²) in [6.07, 6.45) is 1.97. The van der Waals surface area contributed by atoms with Gasteiger partial charge in [-0.15, -0.1) is 0 Å². The topological polar surface area (TPSA) is 0 Å². The lowest BCUT2D eigenvalue weighted by Crippen LogP contribution is -1.94. The highest BCUT2D eigenvalue weighted by Gasteiger charge is 2.06. The first-order valence-corrected chi connectivity index (χ1v) is 8.59. The summed E-state index contributed by atoms with van der Waals surface area (Å²) in [5, 5.41) is 0. The van der Waals surface area contributed by atoms with E-state index in [0.29, 0.717) is 0 Å². The number of allylic oxidation sites excluding steroid dienone is 1. The first-order valence-electron chi connectivity index (χ1n) is 8.59. The Kier molecular flexibility index (Phi) is 4.96. The summed E-state index contributed by atoms with van der Waals surface area (Å²) in [6.45, 7) is 8.67. The molecule has 0 heteroatoms. The second-order valence-electron chi connectivity index (χ2n) is 6.34. The molecule has 3 aromatic carbocycles. The van der Waals surface area contributed by atoms with Crippen LogP contribution in [0.25, 0.3) is 16.7 Å². The smallest absolute Gasteiger partial charge is 0.00231 e. The Hall–Kier alpha value is -2.60. The molecule has 0 fully saturated rings. The molecule has 0 saturated heterocycles. The summed E-state index contributed by atoms with van der Waals surface area (Å²) in [5.74, 6) is 0. The van der Waals surface area contributed by atoms with Crippen LogP contribution in [-0.2, 0) is 12.8 Å². The normalized spacial score (nSPS) is 10.6. The van der Waals surface area contributed by atoms with Crippen molar-refractivity contribution >= 4 is 5.57 Å². The predicted molar refractivity (Wildman–Crippen MR) is 105 cm³/mol. The second kappa shape index (κ2) is 7.31. The zero-order valence-corrected chi connectivity index (χ0v) is 14.5. The van der Waals surface area contributed by atoms with Crippen molar-refractivity contribution in [1.82, 2.24) is 0 Å². The first kappa shape index (κ1) is 16.3. The van der Waals surface area contributed by atoms with Gasteiger partial charge in [-0.3, -0.25) is 0 Å². The van der Waals surface area contributed by atoms with Gasteiger partial charge in [0.15, 0.2) is 0 Å². The highest BCUT2D eigenvalue weighted by molar-refractivity contribution is 5.69. The molecule has 0 bridgehead atoms. The minimum Gasteiger partial charge on any atom is -0.0949 e. The number of hydrogen-bond acceptors (Lipinski definition) is 0. The molecule has 0 unspecified atom stereocenters. The molecule has 3 aromatic rings. The van der Waals surface area contributed by atoms with Crippen LogP contribution in [0, 0.1) is 6.92 Å². The van der Waals surface area contributed by atoms with Crippen LogP contribution >= 0.6 is 0 Å². The van der Waals surface area contributed by atoms with E-state index >= 15 is 0 Å². The van der Waals surface area contributed by atoms with Crippen LogP contribution in [0.4, 0.5) is 0 Å². The summed E-state index contributed by atoms with van der Waals surface area (Å²) in [7, 11) is 0. The number of hydrogen-bond donors (Lipinski definition) is 0. The van der Waals surface area contributed by atoms with Crippen molar-refractivity contribution in [3.05, 3.63) is 102 Å². The van der Waals surface area contributed by atoms with Gasteiger partial charge in [0.2, 0.25) is 0 Å². The van der Waals surface area contributed by atoms with Crippen molar-refractivity contribution in [3.63, 3.8) is 0 Å². The van der Waals surface area contributed by atoms with E-state index in [0.717, 1.165) is 12.8 Å². The SMILES string of the molecule is C=C(Cc1ccc(-c2ccccc2)cc1C)c1ccc(CC)cc1. The summed E-state index contributed by atoms with van der Waals surface area (Å²) in [4.78, 5) is 0. The Morgan fingerprint density at radius 1 is 0.833 bits per heavy atom. The summed E-state index contributed by atoms with van der Waals surface area (Å²) < 4.78 is 0. The average molecular weight is 312 g/mol. The van der Waals surface area contributed by atoms with Gasteiger partial charge >= 0.3 is 0 Å². The quantitative estimate of drug-likeness (QED) is 0.506. The standard InChI is InChI=1S/C24H24/c1-4-20-10-12-21(13-11-20)18(2)16-23-14-15-24(17-19(23)3)22-8-6-5-7-9-22/h5-15,17H,2,4,16H2,1,3H3. The van der Waals surface area contributed by atoms with Crippen molar-refractivity contribution in [2.45, 2.75) is 26.7 Å². The lowest BCUT2D eigenvalue weighted by Gasteiger charge is -2.11. The summed E-state index contributed by atoms with van der Waals surface area (Å²) >= 11 is 0. The second-order valence-corrected chi connectivity index (χ2v) is 6.34. The largest absolute Gasteiger partial charge is 0.0949 e. The Morgan fingerprint density at radius 3 is 2.17 bits per heavy atom. The van der Waals surface area contributed by atoms with Gasteiger partial charge in [0.1, 0.15) is 0 Å². The van der Waals surface area contributed by atoms with Crippen LogP contribution in [0.3, 0.4) is 0 Å². The molecule has 0 aliphatic rings. The average Bonchev–Trinajstić information content (AvgIpc) is 2.64. The van der Waals surface area contributed by atoms with Crippen LogP contribution in [0.5, 0.6) is 0 Å². The molecule has 0 amide bonds. The van der Waals surface area contributed by atoms with Gasteiger partial charge in [-0.05, 0) is 58.7 Å². The summed E-state index contributed by atoms with van der Waals surface area (Å²) in [6, 6.07) is 26.0. The molecule has 0 nitrogen and oxygen atoms in total. The van der Waals surface area contributed by atoms with Gasteiger partial charge in [-0.25, -0.2) is 0 Å². The molecule has 0 spiro atoms. The van der Waals surface area contributed by atoms with E-state index in [2.05, 4.69) is 93.2 Å². The highest BCUT2D eigenvalue weighted by Crippen LogP contribution is 2.25. The van der Waals surface area contributed by atoms with E-state index in [1.54, 1.807) is 0 Å². The van der Waals surface area contributed by atoms with E-state index in [1.165, 1.54) is 39.0 Å². The third-order valence-electron chi connectivity index (χ3n) is 4.62. The zero-order chi connectivity index (χ0) is 16.9. The molecule has 0 aromatic heterocycles. The molecule has 0 aliphatic heterocycles. The number of rotatable bonds is 5. The van der Waals surface area contributed by atoms with Gasteiger partial charge < -0.3 is 0 Å². The van der Waals surface area contributed by atoms with E-state index < -0.39 is 0 Å². The predicted octanol–water partition coefficient (Wildman–Crippen LogP) is 6.48. The Balaban J connectivity index is 1.78. The third-order valence-corrected chi connectivity index (χ3v) is 4.62. The van der Waals surface area contributed by atoms with E-state index in [9.17, 15) is 0 Å². The van der Waals surface area contributed by atoms with Gasteiger partial charge in [-0.2, -0.15) is 0 Å². The Labute approximate surface area is 145 Å². The number of aryl methyl sites for hydroxylation is 2. The maximum absolute atomic E-state index is 4.30. The van der Waals surface area contributed by atoms with Crippen molar-refractivity contribution in [2.24, 2.45) is 0 Å². The van der Waals surface area contributed by atoms with Gasteiger partial charge in [0.25, 0.3) is 0 Å². The van der Waals surface area contributed by atoms with Gasteiger partial charge in [-0.1, -0.05) is 86.3 Å². The molecule has 0 radical (unpaired) electrons. The van der Waals surface area contributed by atoms with Crippen molar-refractivity contribution in [2.75, 3.05) is 0 Å². The molecule has 0 heterocycles. The lowest BCUT2D eigenvalue weighted by atomic mass is 9.93. The fourth-order valence-electron chi connectivity index (χ4n) is 3.01. The molecule has 0 atom stereocenters. The minimum atomic E-state index is 0.895. The lowest BCUT2D eigenvalue weighted by molar-refractivity contribution is 1.14. The van der Waals surface area contributed by atoms with Crippen LogP contribution in [0.2, 0.25) is 0 Å². The highest BCUT2D eigenvalue weighted by atomic mass is 14.1. The maximum Gasteiger partial charge on any atom is -0.00231 e. The number of benzene rings is 3. The molecule has 120 valence electrons. The van der Waals surface area contributed by atoms with Crippen molar-refractivity contribution in [3.8, 4) is 11.1 Å². The van der Waals surface area contributed by atoms with E-state index in [1.807, 2.05) is 0 Å². The maximum atomic E-state index is 4.30. The van der Waals surface area contributed by atoms with E-state index in [4.69, 9.17) is 0 Å². The van der Waals surface area contributed by atoms with E-state index in [-0.39, 0.29) is 0 Å². The Morgan fingerprint density at radius 2 is 1.54 bits per heavy atom. The molecule has 0 saturated carbocycles. The van der Waals surface area contributed by atoms with Crippen LogP contribution in [0.1, 0.15) is 29.2 Å². The minimum absolute atomic E-state index is 0.895. The van der Waals surface area contributed by atoms with Crippen LogP contribution in [0.15, 0.2) is 79.4 Å². The van der Waals surface area contributed by atoms with Crippen molar-refractivity contribution < 1.29 is 0 Å². The van der Waals surface area contributed by atoms with Crippen LogP contribution in [-0.4, -0.2) is 0 Å². The monoisotopic (exact) mass is 312 g/mol. The molecule has 0 N–H and O–H groups in total. The Bertz CT molecular complexity index is 824. The van der Waals surface area contributed by atoms with Gasteiger partial charge in [0, 0.05) is 0 Å².